The summed E-state index contributed by atoms with van der Waals surface area (Å²) in [5, 5.41) is 3.20. The first-order valence-corrected chi connectivity index (χ1v) is 9.59. The molecular formula is C24H22N2O4. The van der Waals surface area contributed by atoms with Crippen LogP contribution in [0.4, 0.5) is 5.69 Å². The Balaban J connectivity index is 1.76. The van der Waals surface area contributed by atoms with Gasteiger partial charge in [-0.1, -0.05) is 18.2 Å². The van der Waals surface area contributed by atoms with Gasteiger partial charge in [0.15, 0.2) is 0 Å². The number of imide groups is 1. The molecule has 1 N–H and O–H groups in total. The number of furan rings is 1. The van der Waals surface area contributed by atoms with Gasteiger partial charge in [-0.05, 0) is 66.9 Å². The molecule has 0 unspecified atom stereocenters. The van der Waals surface area contributed by atoms with Crippen molar-refractivity contribution in [2.75, 3.05) is 12.4 Å². The SMILES string of the molecule is COc1ccc(C2=C(Nc3cc(C)cc(C)c3)C(=O)N(Cc3ccco3)C2=O)cc1. The second-order valence-corrected chi connectivity index (χ2v) is 7.26. The smallest absolute Gasteiger partial charge is 0.278 e. The van der Waals surface area contributed by atoms with Crippen LogP contribution >= 0.6 is 0 Å². The van der Waals surface area contributed by atoms with Gasteiger partial charge in [0.05, 0.1) is 25.5 Å². The van der Waals surface area contributed by atoms with E-state index in [1.54, 1.807) is 43.5 Å². The summed E-state index contributed by atoms with van der Waals surface area (Å²) in [5.41, 5.74) is 4.11. The number of methoxy groups -OCH3 is 1. The van der Waals surface area contributed by atoms with Crippen molar-refractivity contribution in [1.29, 1.82) is 0 Å². The zero-order valence-corrected chi connectivity index (χ0v) is 17.1. The van der Waals surface area contributed by atoms with Crippen LogP contribution in [0, 0.1) is 13.8 Å². The Bertz CT molecular complexity index is 1110. The summed E-state index contributed by atoms with van der Waals surface area (Å²) in [5.74, 6) is 0.459. The summed E-state index contributed by atoms with van der Waals surface area (Å²) in [7, 11) is 1.58. The number of ether oxygens (including phenoxy) is 1. The average molecular weight is 402 g/mol. The fourth-order valence-electron chi connectivity index (χ4n) is 3.61. The summed E-state index contributed by atoms with van der Waals surface area (Å²) in [4.78, 5) is 27.7. The Morgan fingerprint density at radius 3 is 2.27 bits per heavy atom. The van der Waals surface area contributed by atoms with Gasteiger partial charge in [0.1, 0.15) is 17.2 Å². The van der Waals surface area contributed by atoms with Crippen molar-refractivity contribution in [3.8, 4) is 5.75 Å². The summed E-state index contributed by atoms with van der Waals surface area (Å²) in [6.45, 7) is 4.05. The highest BCUT2D eigenvalue weighted by molar-refractivity contribution is 6.36. The zero-order chi connectivity index (χ0) is 21.3. The number of rotatable bonds is 6. The molecule has 0 fully saturated rings. The molecule has 1 aliphatic heterocycles. The molecule has 2 amide bonds. The zero-order valence-electron chi connectivity index (χ0n) is 17.1. The summed E-state index contributed by atoms with van der Waals surface area (Å²) in [6, 6.07) is 16.5. The normalized spacial score (nSPS) is 13.9. The van der Waals surface area contributed by atoms with Crippen molar-refractivity contribution in [3.05, 3.63) is 89.0 Å². The van der Waals surface area contributed by atoms with Crippen molar-refractivity contribution in [1.82, 2.24) is 4.90 Å². The topological polar surface area (TPSA) is 71.8 Å². The third-order valence-corrected chi connectivity index (χ3v) is 4.93. The molecule has 2 heterocycles. The first-order chi connectivity index (χ1) is 14.5. The lowest BCUT2D eigenvalue weighted by Crippen LogP contribution is -2.31. The van der Waals surface area contributed by atoms with E-state index in [2.05, 4.69) is 11.4 Å². The van der Waals surface area contributed by atoms with Gasteiger partial charge >= 0.3 is 0 Å². The van der Waals surface area contributed by atoms with Gasteiger partial charge in [0, 0.05) is 5.69 Å². The second-order valence-electron chi connectivity index (χ2n) is 7.26. The van der Waals surface area contributed by atoms with E-state index in [4.69, 9.17) is 9.15 Å². The maximum absolute atomic E-state index is 13.3. The van der Waals surface area contributed by atoms with Crippen molar-refractivity contribution < 1.29 is 18.7 Å². The maximum Gasteiger partial charge on any atom is 0.278 e. The van der Waals surface area contributed by atoms with Gasteiger partial charge < -0.3 is 14.5 Å². The number of carbonyl (C=O) groups excluding carboxylic acids is 2. The number of carbonyl (C=O) groups is 2. The summed E-state index contributed by atoms with van der Waals surface area (Å²) < 4.78 is 10.6. The largest absolute Gasteiger partial charge is 0.497 e. The monoisotopic (exact) mass is 402 g/mol. The number of hydrogen-bond acceptors (Lipinski definition) is 5. The van der Waals surface area contributed by atoms with Crippen LogP contribution in [0.2, 0.25) is 0 Å². The molecule has 0 saturated carbocycles. The number of amides is 2. The van der Waals surface area contributed by atoms with Crippen molar-refractivity contribution >= 4 is 23.1 Å². The Morgan fingerprint density at radius 2 is 1.67 bits per heavy atom. The molecule has 2 aromatic carbocycles. The van der Waals surface area contributed by atoms with E-state index in [9.17, 15) is 9.59 Å². The number of anilines is 1. The van der Waals surface area contributed by atoms with Crippen LogP contribution in [0.3, 0.4) is 0 Å². The van der Waals surface area contributed by atoms with Gasteiger partial charge in [0.25, 0.3) is 11.8 Å². The van der Waals surface area contributed by atoms with Crippen LogP contribution in [0.25, 0.3) is 5.57 Å². The standard InChI is InChI=1S/C24H22N2O4/c1-15-11-16(2)13-18(12-15)25-22-21(17-6-8-19(29-3)9-7-17)23(27)26(24(22)28)14-20-5-4-10-30-20/h4-13,25H,14H2,1-3H3. The third kappa shape index (κ3) is 3.72. The molecule has 4 rings (SSSR count). The van der Waals surface area contributed by atoms with E-state index < -0.39 is 0 Å². The van der Waals surface area contributed by atoms with E-state index in [0.29, 0.717) is 22.6 Å². The van der Waals surface area contributed by atoms with Crippen LogP contribution in [0.5, 0.6) is 5.75 Å². The molecule has 152 valence electrons. The fourth-order valence-corrected chi connectivity index (χ4v) is 3.61. The van der Waals surface area contributed by atoms with E-state index in [-0.39, 0.29) is 24.1 Å². The van der Waals surface area contributed by atoms with Crippen molar-refractivity contribution in [2.24, 2.45) is 0 Å². The molecule has 0 atom stereocenters. The lowest BCUT2D eigenvalue weighted by atomic mass is 10.0. The second kappa shape index (κ2) is 7.91. The fraction of sp³-hybridized carbons (Fsp3) is 0.167. The van der Waals surface area contributed by atoms with Gasteiger partial charge in [-0.15, -0.1) is 0 Å². The van der Waals surface area contributed by atoms with Crippen LogP contribution in [0.1, 0.15) is 22.5 Å². The Morgan fingerprint density at radius 1 is 0.967 bits per heavy atom. The van der Waals surface area contributed by atoms with E-state index in [1.165, 1.54) is 11.2 Å². The molecule has 3 aromatic rings. The van der Waals surface area contributed by atoms with Gasteiger partial charge in [-0.2, -0.15) is 0 Å². The third-order valence-electron chi connectivity index (χ3n) is 4.93. The molecule has 1 aromatic heterocycles. The van der Waals surface area contributed by atoms with Crippen LogP contribution in [-0.4, -0.2) is 23.8 Å². The lowest BCUT2D eigenvalue weighted by molar-refractivity contribution is -0.137. The van der Waals surface area contributed by atoms with Gasteiger partial charge in [-0.3, -0.25) is 14.5 Å². The molecule has 0 aliphatic carbocycles. The molecule has 0 saturated heterocycles. The molecular weight excluding hydrogens is 380 g/mol. The molecule has 30 heavy (non-hydrogen) atoms. The Hall–Kier alpha value is -3.80. The minimum absolute atomic E-state index is 0.0718. The van der Waals surface area contributed by atoms with Crippen LogP contribution in [-0.2, 0) is 16.1 Å². The molecule has 6 nitrogen and oxygen atoms in total. The van der Waals surface area contributed by atoms with Gasteiger partial charge in [-0.25, -0.2) is 0 Å². The summed E-state index contributed by atoms with van der Waals surface area (Å²) in [6.07, 6.45) is 1.52. The highest BCUT2D eigenvalue weighted by atomic mass is 16.5. The van der Waals surface area contributed by atoms with Crippen molar-refractivity contribution in [3.63, 3.8) is 0 Å². The van der Waals surface area contributed by atoms with E-state index in [0.717, 1.165) is 16.8 Å². The molecule has 0 spiro atoms. The first-order valence-electron chi connectivity index (χ1n) is 9.59. The minimum Gasteiger partial charge on any atom is -0.497 e. The highest BCUT2D eigenvalue weighted by Crippen LogP contribution is 2.32. The number of benzene rings is 2. The molecule has 1 aliphatic rings. The Kier molecular flexibility index (Phi) is 5.14. The average Bonchev–Trinajstić information content (AvgIpc) is 3.31. The highest BCUT2D eigenvalue weighted by Gasteiger charge is 2.39. The number of hydrogen-bond donors (Lipinski definition) is 1. The lowest BCUT2D eigenvalue weighted by Gasteiger charge is -2.14. The van der Waals surface area contributed by atoms with Crippen LogP contribution in [0.15, 0.2) is 71.0 Å². The number of nitrogens with zero attached hydrogens (tertiary/aromatic N) is 1. The molecule has 0 radical (unpaired) electrons. The number of nitrogens with one attached hydrogen (secondary N) is 1. The van der Waals surface area contributed by atoms with E-state index >= 15 is 0 Å². The van der Waals surface area contributed by atoms with Crippen molar-refractivity contribution in [2.45, 2.75) is 20.4 Å². The summed E-state index contributed by atoms with van der Waals surface area (Å²) >= 11 is 0. The predicted molar refractivity (Wildman–Crippen MR) is 114 cm³/mol. The predicted octanol–water partition coefficient (Wildman–Crippen LogP) is 4.30. The Labute approximate surface area is 174 Å². The molecule has 0 bridgehead atoms. The van der Waals surface area contributed by atoms with E-state index in [1.807, 2.05) is 26.0 Å². The minimum atomic E-state index is -0.388. The maximum atomic E-state index is 13.3. The molecule has 6 heteroatoms. The quantitative estimate of drug-likeness (QED) is 0.623. The van der Waals surface area contributed by atoms with Crippen LogP contribution < -0.4 is 10.1 Å². The number of aryl methyl sites for hydroxylation is 2. The first kappa shape index (κ1) is 19.5. The van der Waals surface area contributed by atoms with Gasteiger partial charge in [0.2, 0.25) is 0 Å².